The molecule has 6 rings (SSSR count). The normalized spacial score (nSPS) is 14.5. The number of fused-ring (bicyclic) bond motifs is 4. The van der Waals surface area contributed by atoms with E-state index in [1.165, 1.54) is 10.5 Å². The first-order chi connectivity index (χ1) is 18.4. The van der Waals surface area contributed by atoms with Crippen molar-refractivity contribution in [2.45, 2.75) is 16.6 Å². The monoisotopic (exact) mass is 566 g/mol. The molecule has 0 saturated heterocycles. The van der Waals surface area contributed by atoms with Crippen molar-refractivity contribution in [3.63, 3.8) is 0 Å². The highest BCUT2D eigenvalue weighted by Crippen LogP contribution is 2.44. The number of benzene rings is 3. The molecule has 0 aliphatic carbocycles. The van der Waals surface area contributed by atoms with E-state index in [1.54, 1.807) is 36.4 Å². The third kappa shape index (κ3) is 4.64. The number of carbonyl (C=O) groups is 1. The van der Waals surface area contributed by atoms with Crippen LogP contribution in [0.15, 0.2) is 83.0 Å². The molecule has 3 heterocycles. The summed E-state index contributed by atoms with van der Waals surface area (Å²) < 4.78 is 39.2. The van der Waals surface area contributed by atoms with Gasteiger partial charge >= 0.3 is 0 Å². The quantitative estimate of drug-likeness (QED) is 0.257. The molecular formula is C26H19ClN4O5S2. The average molecular weight is 567 g/mol. The van der Waals surface area contributed by atoms with Crippen molar-refractivity contribution in [1.82, 2.24) is 9.97 Å². The predicted octanol–water partition coefficient (Wildman–Crippen LogP) is 4.97. The molecule has 0 saturated carbocycles. The molecule has 2 aliphatic rings. The molecule has 3 aromatic carbocycles. The fourth-order valence-electron chi connectivity index (χ4n) is 4.19. The van der Waals surface area contributed by atoms with Crippen molar-refractivity contribution in [2.24, 2.45) is 0 Å². The van der Waals surface area contributed by atoms with Crippen LogP contribution in [-0.2, 0) is 21.4 Å². The molecule has 0 atom stereocenters. The zero-order valence-corrected chi connectivity index (χ0v) is 22.0. The lowest BCUT2D eigenvalue weighted by Gasteiger charge is -2.31. The first-order valence-corrected chi connectivity index (χ1v) is 14.2. The van der Waals surface area contributed by atoms with E-state index in [1.807, 2.05) is 30.3 Å². The number of ether oxygens (including phenoxy) is 2. The summed E-state index contributed by atoms with van der Waals surface area (Å²) in [6, 6.07) is 19.5. The maximum absolute atomic E-state index is 13.6. The molecule has 0 spiro atoms. The van der Waals surface area contributed by atoms with E-state index in [0.717, 1.165) is 17.3 Å². The van der Waals surface area contributed by atoms with Gasteiger partial charge in [0.1, 0.15) is 4.90 Å². The molecule has 38 heavy (non-hydrogen) atoms. The summed E-state index contributed by atoms with van der Waals surface area (Å²) in [4.78, 5) is 21.3. The fourth-order valence-corrected chi connectivity index (χ4v) is 6.54. The number of amides is 1. The van der Waals surface area contributed by atoms with Gasteiger partial charge in [-0.05, 0) is 35.9 Å². The van der Waals surface area contributed by atoms with Crippen LogP contribution < -0.4 is 19.1 Å². The zero-order chi connectivity index (χ0) is 26.3. The fraction of sp³-hybridized carbons (Fsp3) is 0.115. The molecule has 2 aliphatic heterocycles. The van der Waals surface area contributed by atoms with E-state index in [4.69, 9.17) is 21.1 Å². The highest BCUT2D eigenvalue weighted by molar-refractivity contribution is 7.99. The van der Waals surface area contributed by atoms with Gasteiger partial charge in [0.15, 0.2) is 16.7 Å². The van der Waals surface area contributed by atoms with Crippen LogP contribution in [0.2, 0.25) is 5.02 Å². The molecule has 4 aromatic rings. The summed E-state index contributed by atoms with van der Waals surface area (Å²) in [7, 11) is -3.95. The van der Waals surface area contributed by atoms with E-state index in [2.05, 4.69) is 15.3 Å². The van der Waals surface area contributed by atoms with Gasteiger partial charge in [-0.15, -0.1) is 0 Å². The molecular weight excluding hydrogens is 548 g/mol. The Morgan fingerprint density at radius 1 is 1.05 bits per heavy atom. The summed E-state index contributed by atoms with van der Waals surface area (Å²) in [5, 5.41) is 3.51. The Labute approximate surface area is 227 Å². The van der Waals surface area contributed by atoms with Gasteiger partial charge in [0.2, 0.25) is 12.7 Å². The Morgan fingerprint density at radius 3 is 2.71 bits per heavy atom. The number of carbonyl (C=O) groups excluding carboxylic acids is 1. The Morgan fingerprint density at radius 2 is 1.87 bits per heavy atom. The second-order valence-electron chi connectivity index (χ2n) is 8.43. The number of halogens is 1. The van der Waals surface area contributed by atoms with Gasteiger partial charge in [-0.1, -0.05) is 53.7 Å². The van der Waals surface area contributed by atoms with Gasteiger partial charge in [-0.25, -0.2) is 18.4 Å². The lowest BCUT2D eigenvalue weighted by Crippen LogP contribution is -2.34. The van der Waals surface area contributed by atoms with E-state index in [0.29, 0.717) is 33.5 Å². The highest BCUT2D eigenvalue weighted by atomic mass is 35.5. The Hall–Kier alpha value is -3.80. The van der Waals surface area contributed by atoms with Crippen LogP contribution in [0.3, 0.4) is 0 Å². The van der Waals surface area contributed by atoms with E-state index in [-0.39, 0.29) is 40.7 Å². The summed E-state index contributed by atoms with van der Waals surface area (Å²) >= 11 is 7.39. The minimum Gasteiger partial charge on any atom is -0.454 e. The van der Waals surface area contributed by atoms with E-state index >= 15 is 0 Å². The Kier molecular flexibility index (Phi) is 6.34. The molecule has 1 aromatic heterocycles. The minimum absolute atomic E-state index is 0.0163. The lowest BCUT2D eigenvalue weighted by molar-refractivity contribution is -0.113. The van der Waals surface area contributed by atoms with Crippen LogP contribution in [0.5, 0.6) is 11.5 Å². The van der Waals surface area contributed by atoms with E-state index < -0.39 is 10.0 Å². The smallest absolute Gasteiger partial charge is 0.268 e. The average Bonchev–Trinajstić information content (AvgIpc) is 3.38. The Bertz CT molecular complexity index is 1670. The van der Waals surface area contributed by atoms with Crippen molar-refractivity contribution in [1.29, 1.82) is 0 Å². The SMILES string of the molecule is O=C(CSc1ncc2c(n1)-c1cc(Cl)ccc1N(Cc1ccccc1)S2(=O)=O)Nc1ccc2c(c1)OCO2. The first kappa shape index (κ1) is 24.5. The molecule has 0 bridgehead atoms. The molecule has 0 radical (unpaired) electrons. The van der Waals surface area contributed by atoms with Crippen molar-refractivity contribution in [3.05, 3.63) is 83.5 Å². The third-order valence-corrected chi connectivity index (χ3v) is 8.80. The van der Waals surface area contributed by atoms with Crippen molar-refractivity contribution in [2.75, 3.05) is 22.2 Å². The highest BCUT2D eigenvalue weighted by Gasteiger charge is 2.37. The van der Waals surface area contributed by atoms with E-state index in [9.17, 15) is 13.2 Å². The van der Waals surface area contributed by atoms with Crippen LogP contribution in [0, 0.1) is 0 Å². The lowest BCUT2D eigenvalue weighted by atomic mass is 10.1. The number of aromatic nitrogens is 2. The largest absolute Gasteiger partial charge is 0.454 e. The summed E-state index contributed by atoms with van der Waals surface area (Å²) in [5.41, 5.74) is 2.70. The van der Waals surface area contributed by atoms with Gasteiger partial charge < -0.3 is 14.8 Å². The molecule has 12 heteroatoms. The molecule has 9 nitrogen and oxygen atoms in total. The molecule has 0 fully saturated rings. The van der Waals surface area contributed by atoms with Crippen LogP contribution >= 0.6 is 23.4 Å². The van der Waals surface area contributed by atoms with Crippen molar-refractivity contribution >= 4 is 50.7 Å². The van der Waals surface area contributed by atoms with Gasteiger partial charge in [0, 0.05) is 22.3 Å². The minimum atomic E-state index is -3.95. The number of hydrogen-bond acceptors (Lipinski definition) is 8. The Balaban J connectivity index is 1.25. The van der Waals surface area contributed by atoms with Gasteiger partial charge in [0.25, 0.3) is 10.0 Å². The summed E-state index contributed by atoms with van der Waals surface area (Å²) in [6.45, 7) is 0.292. The molecule has 192 valence electrons. The van der Waals surface area contributed by atoms with Crippen LogP contribution in [0.25, 0.3) is 11.3 Å². The van der Waals surface area contributed by atoms with Gasteiger partial charge in [-0.3, -0.25) is 9.10 Å². The number of thioether (sulfide) groups is 1. The van der Waals surface area contributed by atoms with Crippen LogP contribution in [-0.4, -0.2) is 36.8 Å². The molecule has 0 unspecified atom stereocenters. The number of nitrogens with zero attached hydrogens (tertiary/aromatic N) is 3. The second-order valence-corrected chi connectivity index (χ2v) is 11.6. The first-order valence-electron chi connectivity index (χ1n) is 11.4. The van der Waals surface area contributed by atoms with Crippen molar-refractivity contribution < 1.29 is 22.7 Å². The second kappa shape index (κ2) is 9.82. The topological polar surface area (TPSA) is 111 Å². The van der Waals surface area contributed by atoms with Crippen LogP contribution in [0.1, 0.15) is 5.56 Å². The number of sulfonamides is 1. The molecule has 1 amide bonds. The zero-order valence-electron chi connectivity index (χ0n) is 19.6. The standard InChI is InChI=1S/C26H19ClN4O5S2/c27-17-6-8-20-19(10-17)25-23(38(33,34)31(20)13-16-4-2-1-3-5-16)12-28-26(30-25)37-14-24(32)29-18-7-9-21-22(11-18)36-15-35-21/h1-12H,13-15H2,(H,29,32). The number of rotatable bonds is 6. The summed E-state index contributed by atoms with van der Waals surface area (Å²) in [5.74, 6) is 0.925. The molecule has 1 N–H and O–H groups in total. The van der Waals surface area contributed by atoms with Crippen LogP contribution in [0.4, 0.5) is 11.4 Å². The number of anilines is 2. The maximum Gasteiger partial charge on any atom is 0.268 e. The number of hydrogen-bond donors (Lipinski definition) is 1. The van der Waals surface area contributed by atoms with Gasteiger partial charge in [0.05, 0.1) is 29.9 Å². The van der Waals surface area contributed by atoms with Crippen molar-refractivity contribution in [3.8, 4) is 22.8 Å². The van der Waals surface area contributed by atoms with Gasteiger partial charge in [-0.2, -0.15) is 0 Å². The maximum atomic E-state index is 13.6. The number of nitrogens with one attached hydrogen (secondary N) is 1. The summed E-state index contributed by atoms with van der Waals surface area (Å²) in [6.07, 6.45) is 1.29. The predicted molar refractivity (Wildman–Crippen MR) is 144 cm³/mol. The third-order valence-electron chi connectivity index (χ3n) is 5.94.